The average Bonchev–Trinajstić information content (AvgIpc) is 3.31. The number of sulfonamides is 1. The van der Waals surface area contributed by atoms with Gasteiger partial charge in [-0.25, -0.2) is 13.8 Å². The van der Waals surface area contributed by atoms with Crippen molar-refractivity contribution in [1.82, 2.24) is 5.43 Å². The molecule has 0 aromatic heterocycles. The first-order valence-corrected chi connectivity index (χ1v) is 12.2. The van der Waals surface area contributed by atoms with E-state index in [1.165, 1.54) is 6.21 Å². The van der Waals surface area contributed by atoms with Crippen LogP contribution in [0.2, 0.25) is 0 Å². The third-order valence-corrected chi connectivity index (χ3v) is 7.11. The number of carbonyl (C=O) groups excluding carboxylic acids is 1. The summed E-state index contributed by atoms with van der Waals surface area (Å²) >= 11 is 0. The summed E-state index contributed by atoms with van der Waals surface area (Å²) in [6, 6.07) is 19.0. The highest BCUT2D eigenvalue weighted by Gasteiger charge is 2.28. The van der Waals surface area contributed by atoms with Crippen LogP contribution >= 0.6 is 0 Å². The third kappa shape index (κ3) is 5.04. The van der Waals surface area contributed by atoms with Gasteiger partial charge in [0.15, 0.2) is 11.5 Å². The molecule has 1 N–H and O–H groups in total. The molecule has 34 heavy (non-hydrogen) atoms. The van der Waals surface area contributed by atoms with Crippen LogP contribution in [0.25, 0.3) is 0 Å². The van der Waals surface area contributed by atoms with Gasteiger partial charge in [0.25, 0.3) is 15.9 Å². The minimum atomic E-state index is -3.99. The highest BCUT2D eigenvalue weighted by Crippen LogP contribution is 2.32. The van der Waals surface area contributed by atoms with Gasteiger partial charge in [-0.05, 0) is 60.9 Å². The lowest BCUT2D eigenvalue weighted by Crippen LogP contribution is -2.40. The minimum Gasteiger partial charge on any atom is -0.454 e. The van der Waals surface area contributed by atoms with E-state index in [-0.39, 0.29) is 11.7 Å². The zero-order valence-electron chi connectivity index (χ0n) is 18.9. The van der Waals surface area contributed by atoms with Gasteiger partial charge >= 0.3 is 0 Å². The van der Waals surface area contributed by atoms with Crippen LogP contribution in [0, 0.1) is 6.92 Å². The van der Waals surface area contributed by atoms with Crippen LogP contribution in [0.3, 0.4) is 0 Å². The van der Waals surface area contributed by atoms with Crippen LogP contribution in [-0.2, 0) is 21.2 Å². The molecule has 8 nitrogen and oxygen atoms in total. The Balaban J connectivity index is 1.56. The van der Waals surface area contributed by atoms with Crippen LogP contribution in [0.1, 0.15) is 23.6 Å². The lowest BCUT2D eigenvalue weighted by atomic mass is 10.1. The fourth-order valence-electron chi connectivity index (χ4n) is 3.53. The number of carbonyl (C=O) groups is 1. The van der Waals surface area contributed by atoms with Crippen molar-refractivity contribution in [2.75, 3.05) is 17.6 Å². The molecular formula is C25H25N3O5S. The number of amides is 1. The quantitative estimate of drug-likeness (QED) is 0.393. The monoisotopic (exact) mass is 479 g/mol. The third-order valence-electron chi connectivity index (χ3n) is 5.34. The summed E-state index contributed by atoms with van der Waals surface area (Å²) in [5, 5.41) is 3.98. The van der Waals surface area contributed by atoms with Crippen molar-refractivity contribution >= 4 is 27.8 Å². The van der Waals surface area contributed by atoms with Crippen molar-refractivity contribution < 1.29 is 22.7 Å². The summed E-state index contributed by atoms with van der Waals surface area (Å²) < 4.78 is 38.8. The second-order valence-corrected chi connectivity index (χ2v) is 9.58. The number of aryl methyl sites for hydroxylation is 2. The molecule has 4 rings (SSSR count). The molecule has 1 heterocycles. The van der Waals surface area contributed by atoms with Crippen LogP contribution in [-0.4, -0.2) is 33.9 Å². The van der Waals surface area contributed by atoms with Gasteiger partial charge in [-0.15, -0.1) is 0 Å². The minimum absolute atomic E-state index is 0.112. The number of rotatable bonds is 8. The molecule has 0 saturated carbocycles. The van der Waals surface area contributed by atoms with Gasteiger partial charge in [-0.3, -0.25) is 9.10 Å². The average molecular weight is 480 g/mol. The molecule has 0 aliphatic carbocycles. The van der Waals surface area contributed by atoms with E-state index in [4.69, 9.17) is 9.47 Å². The molecule has 0 radical (unpaired) electrons. The molecule has 1 aliphatic heterocycles. The predicted molar refractivity (Wildman–Crippen MR) is 130 cm³/mol. The first kappa shape index (κ1) is 23.3. The number of para-hydroxylation sites is 1. The molecule has 9 heteroatoms. The maximum Gasteiger partial charge on any atom is 0.264 e. The van der Waals surface area contributed by atoms with E-state index >= 15 is 0 Å². The Kier molecular flexibility index (Phi) is 6.83. The Morgan fingerprint density at radius 3 is 2.56 bits per heavy atom. The molecule has 1 amide bonds. The molecule has 0 spiro atoms. The van der Waals surface area contributed by atoms with Crippen molar-refractivity contribution in [3.63, 3.8) is 0 Å². The molecule has 0 saturated heterocycles. The number of fused-ring (bicyclic) bond motifs is 1. The van der Waals surface area contributed by atoms with Crippen LogP contribution < -0.4 is 19.2 Å². The predicted octanol–water partition coefficient (Wildman–Crippen LogP) is 3.63. The largest absolute Gasteiger partial charge is 0.454 e. The van der Waals surface area contributed by atoms with Crippen molar-refractivity contribution in [3.8, 4) is 11.5 Å². The lowest BCUT2D eigenvalue weighted by molar-refractivity contribution is -0.119. The Labute approximate surface area is 198 Å². The number of nitrogens with one attached hydrogen (secondary N) is 1. The first-order valence-electron chi connectivity index (χ1n) is 10.8. The van der Waals surface area contributed by atoms with Gasteiger partial charge < -0.3 is 9.47 Å². The number of hydrazone groups is 1. The summed E-state index contributed by atoms with van der Waals surface area (Å²) in [6.07, 6.45) is 2.07. The first-order chi connectivity index (χ1) is 16.4. The number of benzene rings is 3. The van der Waals surface area contributed by atoms with Crippen molar-refractivity contribution in [1.29, 1.82) is 0 Å². The molecule has 0 bridgehead atoms. The van der Waals surface area contributed by atoms with Gasteiger partial charge in [-0.1, -0.05) is 42.8 Å². The second-order valence-electron chi connectivity index (χ2n) is 7.71. The summed E-state index contributed by atoms with van der Waals surface area (Å²) in [7, 11) is -3.99. The van der Waals surface area contributed by atoms with Gasteiger partial charge in [0, 0.05) is 0 Å². The molecule has 0 atom stereocenters. The van der Waals surface area contributed by atoms with Crippen molar-refractivity contribution in [2.24, 2.45) is 5.10 Å². The highest BCUT2D eigenvalue weighted by molar-refractivity contribution is 7.92. The SMILES string of the molecule is CCc1ccccc1N(CC(=O)N/N=C/c1ccc2c(c1)OCO2)S(=O)(=O)c1ccc(C)cc1. The Morgan fingerprint density at radius 2 is 1.79 bits per heavy atom. The second kappa shape index (κ2) is 9.96. The van der Waals surface area contributed by atoms with Crippen molar-refractivity contribution in [2.45, 2.75) is 25.2 Å². The maximum atomic E-state index is 13.5. The fraction of sp³-hybridized carbons (Fsp3) is 0.200. The highest BCUT2D eigenvalue weighted by atomic mass is 32.2. The molecular weight excluding hydrogens is 454 g/mol. The summed E-state index contributed by atoms with van der Waals surface area (Å²) in [6.45, 7) is 3.56. The topological polar surface area (TPSA) is 97.3 Å². The zero-order chi connectivity index (χ0) is 24.1. The molecule has 1 aliphatic rings. The Hall–Kier alpha value is -3.85. The molecule has 0 unspecified atom stereocenters. The van der Waals surface area contributed by atoms with Gasteiger partial charge in [-0.2, -0.15) is 5.10 Å². The van der Waals surface area contributed by atoms with E-state index < -0.39 is 22.5 Å². The van der Waals surface area contributed by atoms with E-state index in [1.807, 2.05) is 26.0 Å². The van der Waals surface area contributed by atoms with E-state index in [0.717, 1.165) is 15.4 Å². The smallest absolute Gasteiger partial charge is 0.264 e. The standard InChI is InChI=1S/C25H25N3O5S/c1-3-20-6-4-5-7-22(20)28(34(30,31)21-11-8-18(2)9-12-21)16-25(29)27-26-15-19-10-13-23-24(14-19)33-17-32-23/h4-15H,3,16-17H2,1-2H3,(H,27,29)/b26-15+. The number of hydrogen-bond donors (Lipinski definition) is 1. The zero-order valence-corrected chi connectivity index (χ0v) is 19.7. The normalized spacial score (nSPS) is 12.6. The lowest BCUT2D eigenvalue weighted by Gasteiger charge is -2.25. The van der Waals surface area contributed by atoms with Crippen molar-refractivity contribution in [3.05, 3.63) is 83.4 Å². The van der Waals surface area contributed by atoms with Gasteiger partial charge in [0.2, 0.25) is 6.79 Å². The van der Waals surface area contributed by atoms with E-state index in [2.05, 4.69) is 10.5 Å². The van der Waals surface area contributed by atoms with Crippen LogP contribution in [0.15, 0.2) is 76.7 Å². The number of hydrogen-bond acceptors (Lipinski definition) is 6. The van der Waals surface area contributed by atoms with E-state index in [1.54, 1.807) is 54.6 Å². The molecule has 3 aromatic rings. The van der Waals surface area contributed by atoms with Crippen LogP contribution in [0.4, 0.5) is 5.69 Å². The van der Waals surface area contributed by atoms with E-state index in [0.29, 0.717) is 29.2 Å². The number of anilines is 1. The molecule has 0 fully saturated rings. The van der Waals surface area contributed by atoms with E-state index in [9.17, 15) is 13.2 Å². The van der Waals surface area contributed by atoms with Crippen LogP contribution in [0.5, 0.6) is 11.5 Å². The summed E-state index contributed by atoms with van der Waals surface area (Å²) in [4.78, 5) is 12.9. The number of nitrogens with zero attached hydrogens (tertiary/aromatic N) is 2. The molecule has 3 aromatic carbocycles. The van der Waals surface area contributed by atoms with Gasteiger partial charge in [0.05, 0.1) is 16.8 Å². The Bertz CT molecular complexity index is 1320. The summed E-state index contributed by atoms with van der Waals surface area (Å²) in [5.74, 6) is 0.674. The fourth-order valence-corrected chi connectivity index (χ4v) is 4.99. The molecule has 176 valence electrons. The number of ether oxygens (including phenoxy) is 2. The maximum absolute atomic E-state index is 13.5. The summed E-state index contributed by atoms with van der Waals surface area (Å²) in [5.41, 5.74) is 5.33. The van der Waals surface area contributed by atoms with Gasteiger partial charge in [0.1, 0.15) is 6.54 Å². The Morgan fingerprint density at radius 1 is 1.06 bits per heavy atom.